The summed E-state index contributed by atoms with van der Waals surface area (Å²) in [5, 5.41) is 0. The van der Waals surface area contributed by atoms with Gasteiger partial charge in [0.25, 0.3) is 0 Å². The molecule has 0 radical (unpaired) electrons. The molecule has 1 unspecified atom stereocenters. The van der Waals surface area contributed by atoms with Crippen molar-refractivity contribution in [2.24, 2.45) is 5.92 Å². The lowest BCUT2D eigenvalue weighted by molar-refractivity contribution is 0.279. The fraction of sp³-hybridized carbons (Fsp3) is 0.571. The van der Waals surface area contributed by atoms with Crippen molar-refractivity contribution < 1.29 is 4.74 Å². The molecule has 0 fully saturated rings. The van der Waals surface area contributed by atoms with E-state index in [0.29, 0.717) is 5.92 Å². The number of ether oxygens (including phenoxy) is 1. The third-order valence-corrected chi connectivity index (χ3v) is 3.09. The van der Waals surface area contributed by atoms with Crippen LogP contribution in [-0.2, 0) is 0 Å². The first-order valence-electron chi connectivity index (χ1n) is 5.90. The van der Waals surface area contributed by atoms with Crippen LogP contribution in [0, 0.1) is 19.8 Å². The average Bonchev–Trinajstić information content (AvgIpc) is 2.23. The summed E-state index contributed by atoms with van der Waals surface area (Å²) in [6.45, 7) is 7.18. The van der Waals surface area contributed by atoms with Gasteiger partial charge in [0.15, 0.2) is 0 Å². The average molecular weight is 241 g/mol. The summed E-state index contributed by atoms with van der Waals surface area (Å²) in [6.07, 6.45) is 2.14. The van der Waals surface area contributed by atoms with Gasteiger partial charge in [-0.1, -0.05) is 25.1 Å². The number of rotatable bonds is 6. The predicted molar refractivity (Wildman–Crippen MR) is 70.5 cm³/mol. The minimum Gasteiger partial charge on any atom is -0.493 e. The number of hydrogen-bond acceptors (Lipinski definition) is 1. The largest absolute Gasteiger partial charge is 0.493 e. The van der Waals surface area contributed by atoms with Gasteiger partial charge in [-0.3, -0.25) is 0 Å². The van der Waals surface area contributed by atoms with E-state index in [1.165, 1.54) is 11.1 Å². The lowest BCUT2D eigenvalue weighted by atomic mass is 10.1. The molecule has 1 aromatic carbocycles. The Kier molecular flexibility index (Phi) is 5.68. The Morgan fingerprint density at radius 3 is 2.38 bits per heavy atom. The summed E-state index contributed by atoms with van der Waals surface area (Å²) < 4.78 is 5.84. The van der Waals surface area contributed by atoms with Crippen molar-refractivity contribution in [3.63, 3.8) is 0 Å². The molecule has 2 heteroatoms. The van der Waals surface area contributed by atoms with Crippen LogP contribution in [0.3, 0.4) is 0 Å². The zero-order chi connectivity index (χ0) is 12.0. The highest BCUT2D eigenvalue weighted by atomic mass is 35.5. The molecule has 0 saturated heterocycles. The highest BCUT2D eigenvalue weighted by Crippen LogP contribution is 2.23. The molecule has 0 aromatic heterocycles. The topological polar surface area (TPSA) is 9.23 Å². The van der Waals surface area contributed by atoms with Crippen molar-refractivity contribution in [3.8, 4) is 5.75 Å². The van der Waals surface area contributed by atoms with Gasteiger partial charge < -0.3 is 4.74 Å². The van der Waals surface area contributed by atoms with Crippen molar-refractivity contribution in [2.75, 3.05) is 12.5 Å². The smallest absolute Gasteiger partial charge is 0.125 e. The van der Waals surface area contributed by atoms with Crippen LogP contribution in [0.4, 0.5) is 0 Å². The van der Waals surface area contributed by atoms with Gasteiger partial charge in [0.05, 0.1) is 6.61 Å². The molecule has 0 saturated carbocycles. The van der Waals surface area contributed by atoms with E-state index in [-0.39, 0.29) is 0 Å². The molecular weight excluding hydrogens is 220 g/mol. The van der Waals surface area contributed by atoms with E-state index in [2.05, 4.69) is 39.0 Å². The van der Waals surface area contributed by atoms with Crippen molar-refractivity contribution in [1.82, 2.24) is 0 Å². The van der Waals surface area contributed by atoms with Crippen LogP contribution in [0.25, 0.3) is 0 Å². The SMILES string of the molecule is Cc1cccc(C)c1OCCC(C)CCCl. The van der Waals surface area contributed by atoms with Gasteiger partial charge in [-0.15, -0.1) is 11.6 Å². The van der Waals surface area contributed by atoms with E-state index in [9.17, 15) is 0 Å². The Morgan fingerprint density at radius 1 is 1.19 bits per heavy atom. The molecule has 0 heterocycles. The molecule has 0 amide bonds. The molecular formula is C14H21ClO. The van der Waals surface area contributed by atoms with Gasteiger partial charge in [-0.05, 0) is 43.7 Å². The first-order chi connectivity index (χ1) is 7.65. The summed E-state index contributed by atoms with van der Waals surface area (Å²) in [7, 11) is 0. The fourth-order valence-corrected chi connectivity index (χ4v) is 2.09. The summed E-state index contributed by atoms with van der Waals surface area (Å²) in [4.78, 5) is 0. The first kappa shape index (κ1) is 13.4. The van der Waals surface area contributed by atoms with Crippen LogP contribution in [0.2, 0.25) is 0 Å². The van der Waals surface area contributed by atoms with E-state index in [1.54, 1.807) is 0 Å². The second-order valence-corrected chi connectivity index (χ2v) is 4.82. The normalized spacial score (nSPS) is 12.5. The highest BCUT2D eigenvalue weighted by Gasteiger charge is 2.05. The number of benzene rings is 1. The molecule has 0 aliphatic rings. The summed E-state index contributed by atoms with van der Waals surface area (Å²) in [5.41, 5.74) is 2.43. The number of halogens is 1. The Hall–Kier alpha value is -0.690. The molecule has 90 valence electrons. The maximum Gasteiger partial charge on any atom is 0.125 e. The van der Waals surface area contributed by atoms with Crippen LogP contribution >= 0.6 is 11.6 Å². The number of hydrogen-bond donors (Lipinski definition) is 0. The second-order valence-electron chi connectivity index (χ2n) is 4.44. The monoisotopic (exact) mass is 240 g/mol. The van der Waals surface area contributed by atoms with Gasteiger partial charge >= 0.3 is 0 Å². The van der Waals surface area contributed by atoms with Crippen LogP contribution in [0.1, 0.15) is 30.9 Å². The molecule has 0 bridgehead atoms. The summed E-state index contributed by atoms with van der Waals surface area (Å²) >= 11 is 5.70. The number of aryl methyl sites for hydroxylation is 2. The van der Waals surface area contributed by atoms with Crippen molar-refractivity contribution >= 4 is 11.6 Å². The fourth-order valence-electron chi connectivity index (χ4n) is 1.72. The maximum atomic E-state index is 5.84. The number of alkyl halides is 1. The predicted octanol–water partition coefficient (Wildman–Crippen LogP) is 4.34. The Bertz CT molecular complexity index is 302. The van der Waals surface area contributed by atoms with Gasteiger partial charge in [-0.25, -0.2) is 0 Å². The lowest BCUT2D eigenvalue weighted by Crippen LogP contribution is -2.06. The Labute approximate surface area is 104 Å². The van der Waals surface area contributed by atoms with Crippen molar-refractivity contribution in [2.45, 2.75) is 33.6 Å². The highest BCUT2D eigenvalue weighted by molar-refractivity contribution is 6.17. The summed E-state index contributed by atoms with van der Waals surface area (Å²) in [5.74, 6) is 2.42. The van der Waals surface area contributed by atoms with Crippen LogP contribution in [-0.4, -0.2) is 12.5 Å². The molecule has 1 rings (SSSR count). The third kappa shape index (κ3) is 4.05. The molecule has 16 heavy (non-hydrogen) atoms. The molecule has 1 atom stereocenters. The first-order valence-corrected chi connectivity index (χ1v) is 6.43. The minimum atomic E-state index is 0.641. The van der Waals surface area contributed by atoms with Crippen molar-refractivity contribution in [3.05, 3.63) is 29.3 Å². The van der Waals surface area contributed by atoms with E-state index in [0.717, 1.165) is 31.1 Å². The van der Waals surface area contributed by atoms with Crippen LogP contribution < -0.4 is 4.74 Å². The second kappa shape index (κ2) is 6.80. The van der Waals surface area contributed by atoms with E-state index in [4.69, 9.17) is 16.3 Å². The molecule has 1 nitrogen and oxygen atoms in total. The van der Waals surface area contributed by atoms with E-state index < -0.39 is 0 Å². The molecule has 0 N–H and O–H groups in total. The maximum absolute atomic E-state index is 5.84. The van der Waals surface area contributed by atoms with Gasteiger partial charge in [-0.2, -0.15) is 0 Å². The van der Waals surface area contributed by atoms with E-state index in [1.807, 2.05) is 0 Å². The molecule has 0 aliphatic carbocycles. The van der Waals surface area contributed by atoms with Gasteiger partial charge in [0.2, 0.25) is 0 Å². The Morgan fingerprint density at radius 2 is 1.81 bits per heavy atom. The van der Waals surface area contributed by atoms with E-state index >= 15 is 0 Å². The quantitative estimate of drug-likeness (QED) is 0.673. The summed E-state index contributed by atoms with van der Waals surface area (Å²) in [6, 6.07) is 6.24. The van der Waals surface area contributed by atoms with Crippen LogP contribution in [0.15, 0.2) is 18.2 Å². The third-order valence-electron chi connectivity index (χ3n) is 2.87. The van der Waals surface area contributed by atoms with Crippen molar-refractivity contribution in [1.29, 1.82) is 0 Å². The lowest BCUT2D eigenvalue weighted by Gasteiger charge is -2.14. The Balaban J connectivity index is 2.43. The zero-order valence-corrected chi connectivity index (χ0v) is 11.2. The van der Waals surface area contributed by atoms with Gasteiger partial charge in [0, 0.05) is 5.88 Å². The van der Waals surface area contributed by atoms with Gasteiger partial charge in [0.1, 0.15) is 5.75 Å². The molecule has 0 aliphatic heterocycles. The van der Waals surface area contributed by atoms with Crippen LogP contribution in [0.5, 0.6) is 5.75 Å². The zero-order valence-electron chi connectivity index (χ0n) is 10.4. The molecule has 0 spiro atoms. The number of para-hydroxylation sites is 1. The molecule has 1 aromatic rings. The standard InChI is InChI=1S/C14H21ClO/c1-11(7-9-15)8-10-16-14-12(2)5-4-6-13(14)3/h4-6,11H,7-10H2,1-3H3. The minimum absolute atomic E-state index is 0.641.